The molecule has 2 heterocycles. The van der Waals surface area contributed by atoms with Crippen LogP contribution >= 0.6 is 0 Å². The predicted octanol–water partition coefficient (Wildman–Crippen LogP) is -4.22. The van der Waals surface area contributed by atoms with Gasteiger partial charge in [-0.2, -0.15) is 0 Å². The third kappa shape index (κ3) is 24.8. The Morgan fingerprint density at radius 3 is 1.37 bits per heavy atom. The van der Waals surface area contributed by atoms with Gasteiger partial charge in [0.1, 0.15) is 11.8 Å². The Morgan fingerprint density at radius 1 is 0.539 bits per heavy atom. The molecule has 0 aromatic carbocycles. The van der Waals surface area contributed by atoms with E-state index in [1.54, 1.807) is 0 Å². The van der Waals surface area contributed by atoms with Gasteiger partial charge in [-0.15, -0.1) is 0 Å². The van der Waals surface area contributed by atoms with E-state index in [1.165, 1.54) is 38.2 Å². The summed E-state index contributed by atoms with van der Waals surface area (Å²) in [5.74, 6) is -14.4. The number of carbonyl (C=O) groups excluding carboxylic acids is 12. The SMILES string of the molecule is COCCNC(=O)C(=O)CCC(CC(=O)CCC(C(=O)NC(CCC(=O)C(=O)NCCOC)C(=O)C(=O)NCCOC)N1CCC[C@H]1C(N)=O)C(=O)C(=O)NCCOC.NC(=O)[C@@H]1CCCN1C(CCC(=O)O)C(=O)O.[HH].[HH]. The fourth-order valence-electron chi connectivity index (χ4n) is 8.20. The van der Waals surface area contributed by atoms with Crippen LogP contribution in [0.25, 0.3) is 0 Å². The first-order valence-corrected chi connectivity index (χ1v) is 24.6. The molecule has 432 valence electrons. The quantitative estimate of drug-likeness (QED) is 0.0208. The molecular formula is C47H79N9O20. The summed E-state index contributed by atoms with van der Waals surface area (Å²) in [6.07, 6.45) is -1.40. The molecule has 29 heteroatoms. The van der Waals surface area contributed by atoms with Gasteiger partial charge in [0.2, 0.25) is 40.9 Å². The number of carboxylic acid groups (broad SMARTS) is 2. The van der Waals surface area contributed by atoms with E-state index in [4.69, 9.17) is 40.6 Å². The Morgan fingerprint density at radius 2 is 0.947 bits per heavy atom. The zero-order valence-electron chi connectivity index (χ0n) is 43.5. The van der Waals surface area contributed by atoms with Crippen LogP contribution in [0.5, 0.6) is 0 Å². The van der Waals surface area contributed by atoms with Gasteiger partial charge in [0.25, 0.3) is 23.6 Å². The van der Waals surface area contributed by atoms with Gasteiger partial charge in [-0.05, 0) is 64.5 Å². The third-order valence-corrected chi connectivity index (χ3v) is 12.1. The van der Waals surface area contributed by atoms with Gasteiger partial charge in [-0.1, -0.05) is 0 Å². The first-order chi connectivity index (χ1) is 36.1. The molecule has 2 rings (SSSR count). The molecule has 0 bridgehead atoms. The number of hydrogen-bond acceptors (Lipinski definition) is 20. The van der Waals surface area contributed by atoms with Crippen molar-refractivity contribution in [1.29, 1.82) is 0 Å². The lowest BCUT2D eigenvalue weighted by atomic mass is 9.89. The molecule has 7 amide bonds. The highest BCUT2D eigenvalue weighted by atomic mass is 16.5. The molecule has 2 aliphatic heterocycles. The highest BCUT2D eigenvalue weighted by Gasteiger charge is 2.41. The van der Waals surface area contributed by atoms with E-state index in [-0.39, 0.29) is 94.1 Å². The van der Waals surface area contributed by atoms with E-state index in [0.29, 0.717) is 25.8 Å². The second kappa shape index (κ2) is 37.1. The number of amides is 7. The second-order valence-electron chi connectivity index (χ2n) is 17.6. The Labute approximate surface area is 442 Å². The smallest absolute Gasteiger partial charge is 0.320 e. The number of ether oxygens (including phenoxy) is 4. The van der Waals surface area contributed by atoms with E-state index in [1.807, 2.05) is 0 Å². The standard InChI is InChI=1S/C37H59N7O15.C10H16N2O5.2H2/c1-56-18-13-39-34(52)28(46)11-7-23(30(48)36(54)41-15-20-58-3)22-24(45)8-10-27(44-17-5-6-26(44)32(38)50)33(51)43-25(31(49)37(55)42-16-21-59-4)9-12-29(47)35(53)40-14-19-57-2;11-9(15)6-2-1-5-12(6)7(10(16)17)3-4-8(13)14;;/h23,25-27H,5-22H2,1-4H3,(H2,38,50)(H,39,52)(H,40,53)(H,41,54)(H,42,55)(H,43,51);6-7H,1-5H2,(H2,11,15)(H,13,14)(H,16,17);2*1H/t23?,25?,26-,27?;6-,7?;;/m00../s1. The lowest BCUT2D eigenvalue weighted by Gasteiger charge is -2.32. The molecule has 0 aliphatic carbocycles. The Kier molecular flexibility index (Phi) is 32.9. The van der Waals surface area contributed by atoms with Crippen LogP contribution in [0.15, 0.2) is 0 Å². The zero-order chi connectivity index (χ0) is 57.3. The van der Waals surface area contributed by atoms with Gasteiger partial charge in [0.05, 0.1) is 50.6 Å². The molecule has 0 saturated carbocycles. The molecule has 29 nitrogen and oxygen atoms in total. The van der Waals surface area contributed by atoms with Crippen molar-refractivity contribution >= 4 is 82.2 Å². The van der Waals surface area contributed by atoms with Crippen LogP contribution in [-0.2, 0) is 86.1 Å². The summed E-state index contributed by atoms with van der Waals surface area (Å²) in [5.41, 5.74) is 10.8. The maximum Gasteiger partial charge on any atom is 0.320 e. The van der Waals surface area contributed by atoms with Crippen molar-refractivity contribution in [1.82, 2.24) is 36.4 Å². The van der Waals surface area contributed by atoms with Crippen molar-refractivity contribution in [2.24, 2.45) is 17.4 Å². The molecule has 0 spiro atoms. The Hall–Kier alpha value is -6.66. The normalized spacial score (nSPS) is 16.8. The van der Waals surface area contributed by atoms with Crippen molar-refractivity contribution in [2.45, 2.75) is 114 Å². The number of primary amides is 2. The first-order valence-electron chi connectivity index (χ1n) is 24.6. The summed E-state index contributed by atoms with van der Waals surface area (Å²) < 4.78 is 19.4. The average molecular weight is 1090 g/mol. The molecule has 2 saturated heterocycles. The number of methoxy groups -OCH3 is 4. The van der Waals surface area contributed by atoms with E-state index in [0.717, 1.165) is 0 Å². The maximum atomic E-state index is 14.0. The topological polar surface area (TPSA) is 435 Å². The van der Waals surface area contributed by atoms with Crippen LogP contribution in [0.3, 0.4) is 0 Å². The summed E-state index contributed by atoms with van der Waals surface area (Å²) in [4.78, 5) is 177. The first kappa shape index (κ1) is 67.4. The summed E-state index contributed by atoms with van der Waals surface area (Å²) >= 11 is 0. The summed E-state index contributed by atoms with van der Waals surface area (Å²) in [5, 5.41) is 29.5. The number of aliphatic carboxylic acids is 2. The number of nitrogens with zero attached hydrogens (tertiary/aromatic N) is 2. The van der Waals surface area contributed by atoms with Crippen molar-refractivity contribution in [3.8, 4) is 0 Å². The third-order valence-electron chi connectivity index (χ3n) is 12.1. The van der Waals surface area contributed by atoms with Gasteiger partial charge in [-0.3, -0.25) is 76.9 Å². The maximum absolute atomic E-state index is 14.0. The number of hydrogen-bond donors (Lipinski definition) is 9. The number of likely N-dealkylation sites (tertiary alicyclic amines) is 2. The van der Waals surface area contributed by atoms with Crippen LogP contribution in [0.4, 0.5) is 0 Å². The lowest BCUT2D eigenvalue weighted by molar-refractivity contribution is -0.146. The van der Waals surface area contributed by atoms with Crippen molar-refractivity contribution in [2.75, 3.05) is 94.1 Å². The van der Waals surface area contributed by atoms with Crippen LogP contribution in [0.2, 0.25) is 0 Å². The number of Topliss-reactive ketones (excluding diaryl/α,β-unsaturated/α-hetero) is 5. The molecule has 2 aliphatic rings. The van der Waals surface area contributed by atoms with Crippen molar-refractivity contribution in [3.05, 3.63) is 0 Å². The highest BCUT2D eigenvalue weighted by Crippen LogP contribution is 2.25. The zero-order valence-corrected chi connectivity index (χ0v) is 43.5. The minimum Gasteiger partial charge on any atom is -0.481 e. The molecular weight excluding hydrogens is 1010 g/mol. The van der Waals surface area contributed by atoms with Crippen LogP contribution in [0, 0.1) is 5.92 Å². The fourth-order valence-corrected chi connectivity index (χ4v) is 8.20. The van der Waals surface area contributed by atoms with Crippen LogP contribution in [-0.4, -0.2) is 227 Å². The fraction of sp³-hybridized carbons (Fsp3) is 0.702. The van der Waals surface area contributed by atoms with Gasteiger partial charge in [0, 0.05) is 95.5 Å². The summed E-state index contributed by atoms with van der Waals surface area (Å²) in [6, 6.07) is -5.42. The van der Waals surface area contributed by atoms with Crippen LogP contribution < -0.4 is 38.1 Å². The largest absolute Gasteiger partial charge is 0.481 e. The number of ketones is 5. The van der Waals surface area contributed by atoms with Crippen molar-refractivity contribution in [3.63, 3.8) is 0 Å². The van der Waals surface area contributed by atoms with Crippen LogP contribution in [0.1, 0.15) is 86.3 Å². The second-order valence-corrected chi connectivity index (χ2v) is 17.6. The number of carboxylic acids is 2. The number of carbonyl (C=O) groups is 14. The minimum absolute atomic E-state index is 0. The summed E-state index contributed by atoms with van der Waals surface area (Å²) in [6.45, 7) is 1.04. The molecule has 0 radical (unpaired) electrons. The molecule has 4 unspecified atom stereocenters. The number of rotatable bonds is 39. The van der Waals surface area contributed by atoms with Gasteiger partial charge in [0.15, 0.2) is 0 Å². The average Bonchev–Trinajstić information content (AvgIpc) is 4.08. The number of nitrogens with one attached hydrogen (secondary N) is 5. The van der Waals surface area contributed by atoms with Gasteiger partial charge >= 0.3 is 11.9 Å². The van der Waals surface area contributed by atoms with Gasteiger partial charge < -0.3 is 67.2 Å². The molecule has 0 aromatic rings. The Balaban J connectivity index is 0. The van der Waals surface area contributed by atoms with E-state index < -0.39 is 150 Å². The van der Waals surface area contributed by atoms with E-state index in [9.17, 15) is 67.1 Å². The molecule has 6 atom stereocenters. The molecule has 11 N–H and O–H groups in total. The lowest BCUT2D eigenvalue weighted by Crippen LogP contribution is -2.56. The Bertz CT molecular complexity index is 2050. The molecule has 0 aromatic heterocycles. The minimum atomic E-state index is -1.63. The number of nitrogens with two attached hydrogens (primary N) is 2. The molecule has 76 heavy (non-hydrogen) atoms. The highest BCUT2D eigenvalue weighted by molar-refractivity contribution is 6.39. The van der Waals surface area contributed by atoms with Crippen molar-refractivity contribution < 1.29 is 99.1 Å². The predicted molar refractivity (Wildman–Crippen MR) is 266 cm³/mol. The van der Waals surface area contributed by atoms with E-state index in [2.05, 4.69) is 26.6 Å². The monoisotopic (exact) mass is 1090 g/mol. The van der Waals surface area contributed by atoms with Gasteiger partial charge in [-0.25, -0.2) is 0 Å². The summed E-state index contributed by atoms with van der Waals surface area (Å²) in [7, 11) is 5.55. The molecule has 2 fully saturated rings. The van der Waals surface area contributed by atoms with E-state index >= 15 is 0 Å².